The van der Waals surface area contributed by atoms with Gasteiger partial charge in [-0.15, -0.1) is 0 Å². The molecule has 0 bridgehead atoms. The molecule has 1 N–H and O–H groups in total. The third kappa shape index (κ3) is 3.04. The van der Waals surface area contributed by atoms with Crippen LogP contribution in [0.3, 0.4) is 0 Å². The molecule has 0 atom stereocenters. The molecule has 0 fully saturated rings. The number of benzene rings is 1. The number of esters is 1. The minimum absolute atomic E-state index is 0.122. The Labute approximate surface area is 113 Å². The zero-order chi connectivity index (χ0) is 14.8. The van der Waals surface area contributed by atoms with Crippen LogP contribution in [0.15, 0.2) is 18.2 Å². The number of ether oxygens (including phenoxy) is 2. The van der Waals surface area contributed by atoms with E-state index in [1.54, 1.807) is 0 Å². The van der Waals surface area contributed by atoms with E-state index in [0.29, 0.717) is 17.7 Å². The lowest BCUT2D eigenvalue weighted by Crippen LogP contribution is -2.37. The number of rotatable bonds is 4. The molecule has 0 unspecified atom stereocenters. The summed E-state index contributed by atoms with van der Waals surface area (Å²) < 4.78 is 35.5. The van der Waals surface area contributed by atoms with Crippen molar-refractivity contribution in [1.82, 2.24) is 0 Å². The Morgan fingerprint density at radius 1 is 1.40 bits per heavy atom. The van der Waals surface area contributed by atoms with Crippen molar-refractivity contribution < 1.29 is 27.8 Å². The van der Waals surface area contributed by atoms with E-state index in [1.807, 2.05) is 0 Å². The minimum atomic E-state index is -4.04. The topological polar surface area (TPSA) is 64.6 Å². The van der Waals surface area contributed by atoms with E-state index in [4.69, 9.17) is 0 Å². The van der Waals surface area contributed by atoms with Gasteiger partial charge in [0.15, 0.2) is 0 Å². The molecule has 1 heterocycles. The van der Waals surface area contributed by atoms with Gasteiger partial charge in [0.25, 0.3) is 0 Å². The number of carbonyl (C=O) groups is 2. The molecule has 0 radical (unpaired) electrons. The van der Waals surface area contributed by atoms with Gasteiger partial charge in [-0.05, 0) is 37.1 Å². The Balaban J connectivity index is 2.14. The Morgan fingerprint density at radius 3 is 2.85 bits per heavy atom. The average Bonchev–Trinajstić information content (AvgIpc) is 2.39. The van der Waals surface area contributed by atoms with E-state index in [-0.39, 0.29) is 24.7 Å². The molecule has 1 amide bonds. The van der Waals surface area contributed by atoms with Gasteiger partial charge in [0.2, 0.25) is 5.91 Å². The first-order valence-corrected chi connectivity index (χ1v) is 6.09. The van der Waals surface area contributed by atoms with Crippen molar-refractivity contribution in [2.75, 3.05) is 11.9 Å². The Hall–Kier alpha value is -2.18. The van der Waals surface area contributed by atoms with Crippen LogP contribution in [0.5, 0.6) is 5.75 Å². The molecular weight excluding hydrogens is 272 g/mol. The molecule has 0 spiro atoms. The number of hydrogen-bond acceptors (Lipinski definition) is 4. The van der Waals surface area contributed by atoms with Crippen LogP contribution in [-0.2, 0) is 20.7 Å². The lowest BCUT2D eigenvalue weighted by Gasteiger charge is -2.20. The quantitative estimate of drug-likeness (QED) is 0.860. The predicted octanol–water partition coefficient (Wildman–Crippen LogP) is 2.11. The first-order chi connectivity index (χ1) is 9.42. The third-order valence-corrected chi connectivity index (χ3v) is 2.73. The molecule has 0 aliphatic carbocycles. The van der Waals surface area contributed by atoms with E-state index in [9.17, 15) is 18.4 Å². The van der Waals surface area contributed by atoms with E-state index < -0.39 is 12.1 Å². The highest BCUT2D eigenvalue weighted by molar-refractivity contribution is 5.94. The number of hydrogen-bond donors (Lipinski definition) is 1. The number of nitrogens with one attached hydrogen (secondary N) is 1. The van der Waals surface area contributed by atoms with Crippen LogP contribution in [0.2, 0.25) is 0 Å². The molecule has 1 aliphatic rings. The van der Waals surface area contributed by atoms with E-state index >= 15 is 0 Å². The maximum atomic E-state index is 13.4. The summed E-state index contributed by atoms with van der Waals surface area (Å²) >= 11 is 0. The number of anilines is 1. The zero-order valence-electron chi connectivity index (χ0n) is 10.7. The van der Waals surface area contributed by atoms with Crippen molar-refractivity contribution in [2.24, 2.45) is 0 Å². The van der Waals surface area contributed by atoms with Crippen LogP contribution in [0.1, 0.15) is 18.9 Å². The fourth-order valence-electron chi connectivity index (χ4n) is 1.83. The lowest BCUT2D eigenvalue weighted by atomic mass is 10.0. The zero-order valence-corrected chi connectivity index (χ0v) is 10.7. The summed E-state index contributed by atoms with van der Waals surface area (Å²) in [6.07, 6.45) is -3.32. The molecule has 108 valence electrons. The maximum Gasteiger partial charge on any atom is 0.502 e. The second-order valence-corrected chi connectivity index (χ2v) is 4.21. The SMILES string of the molecule is CCOC(=O)C(F)(F)Oc1ccc2c(c1)CCC(=O)N2. The summed E-state index contributed by atoms with van der Waals surface area (Å²) in [5, 5.41) is 2.62. The van der Waals surface area contributed by atoms with Crippen LogP contribution in [-0.4, -0.2) is 24.6 Å². The van der Waals surface area contributed by atoms with Gasteiger partial charge in [-0.3, -0.25) is 4.79 Å². The molecule has 5 nitrogen and oxygen atoms in total. The normalized spacial score (nSPS) is 14.2. The first kappa shape index (κ1) is 14.2. The molecule has 0 aromatic heterocycles. The van der Waals surface area contributed by atoms with Crippen molar-refractivity contribution in [3.8, 4) is 5.75 Å². The second-order valence-electron chi connectivity index (χ2n) is 4.21. The summed E-state index contributed by atoms with van der Waals surface area (Å²) in [6, 6.07) is 4.10. The summed E-state index contributed by atoms with van der Waals surface area (Å²) in [4.78, 5) is 22.2. The van der Waals surface area contributed by atoms with Crippen molar-refractivity contribution in [3.05, 3.63) is 23.8 Å². The summed E-state index contributed by atoms with van der Waals surface area (Å²) in [5.41, 5.74) is 1.25. The molecule has 2 rings (SSSR count). The van der Waals surface area contributed by atoms with Crippen LogP contribution in [0.25, 0.3) is 0 Å². The largest absolute Gasteiger partial charge is 0.502 e. The summed E-state index contributed by atoms with van der Waals surface area (Å²) in [6.45, 7) is 1.27. The molecular formula is C13H13F2NO4. The first-order valence-electron chi connectivity index (χ1n) is 6.09. The highest BCUT2D eigenvalue weighted by Gasteiger charge is 2.44. The number of amides is 1. The van der Waals surface area contributed by atoms with E-state index in [0.717, 1.165) is 0 Å². The Kier molecular flexibility index (Phi) is 3.87. The number of aryl methyl sites for hydroxylation is 1. The molecule has 0 saturated carbocycles. The fraction of sp³-hybridized carbons (Fsp3) is 0.385. The Morgan fingerprint density at radius 2 is 2.15 bits per heavy atom. The van der Waals surface area contributed by atoms with Crippen molar-refractivity contribution in [1.29, 1.82) is 0 Å². The lowest BCUT2D eigenvalue weighted by molar-refractivity contribution is -0.216. The standard InChI is InChI=1S/C13H13F2NO4/c1-2-19-12(18)13(14,15)20-9-4-5-10-8(7-9)3-6-11(17)16-10/h4-5,7H,2-3,6H2,1H3,(H,16,17). The van der Waals surface area contributed by atoms with Gasteiger partial charge in [-0.25, -0.2) is 4.79 Å². The highest BCUT2D eigenvalue weighted by Crippen LogP contribution is 2.30. The number of alkyl halides is 2. The fourth-order valence-corrected chi connectivity index (χ4v) is 1.83. The maximum absolute atomic E-state index is 13.4. The van der Waals surface area contributed by atoms with Crippen molar-refractivity contribution in [3.63, 3.8) is 0 Å². The van der Waals surface area contributed by atoms with Gasteiger partial charge in [0.1, 0.15) is 5.75 Å². The minimum Gasteiger partial charge on any atom is -0.459 e. The van der Waals surface area contributed by atoms with Crippen molar-refractivity contribution >= 4 is 17.6 Å². The monoisotopic (exact) mass is 285 g/mol. The number of carbonyl (C=O) groups excluding carboxylic acids is 2. The molecule has 0 saturated heterocycles. The van der Waals surface area contributed by atoms with Gasteiger partial charge in [0.05, 0.1) is 6.61 Å². The molecule has 1 aromatic carbocycles. The van der Waals surface area contributed by atoms with Crippen LogP contribution >= 0.6 is 0 Å². The molecule has 20 heavy (non-hydrogen) atoms. The van der Waals surface area contributed by atoms with Gasteiger partial charge >= 0.3 is 12.1 Å². The Bertz CT molecular complexity index is 545. The second kappa shape index (κ2) is 5.44. The number of halogens is 2. The van der Waals surface area contributed by atoms with Crippen LogP contribution in [0.4, 0.5) is 14.5 Å². The summed E-state index contributed by atoms with van der Waals surface area (Å²) in [7, 11) is 0. The van der Waals surface area contributed by atoms with Gasteiger partial charge < -0.3 is 14.8 Å². The van der Waals surface area contributed by atoms with Crippen molar-refractivity contribution in [2.45, 2.75) is 25.9 Å². The average molecular weight is 285 g/mol. The van der Waals surface area contributed by atoms with Gasteiger partial charge in [0, 0.05) is 12.1 Å². The van der Waals surface area contributed by atoms with Gasteiger partial charge in [-0.1, -0.05) is 0 Å². The van der Waals surface area contributed by atoms with E-state index in [2.05, 4.69) is 14.8 Å². The number of fused-ring (bicyclic) bond motifs is 1. The van der Waals surface area contributed by atoms with Gasteiger partial charge in [-0.2, -0.15) is 8.78 Å². The van der Waals surface area contributed by atoms with E-state index in [1.165, 1.54) is 25.1 Å². The predicted molar refractivity (Wildman–Crippen MR) is 65.6 cm³/mol. The molecule has 1 aromatic rings. The molecule has 7 heteroatoms. The molecule has 1 aliphatic heterocycles. The smallest absolute Gasteiger partial charge is 0.459 e. The third-order valence-electron chi connectivity index (χ3n) is 2.73. The summed E-state index contributed by atoms with van der Waals surface area (Å²) in [5.74, 6) is -2.01. The van der Waals surface area contributed by atoms with Crippen LogP contribution in [0, 0.1) is 0 Å². The highest BCUT2D eigenvalue weighted by atomic mass is 19.3. The van der Waals surface area contributed by atoms with Crippen LogP contribution < -0.4 is 10.1 Å².